The molecule has 0 heterocycles. The van der Waals surface area contributed by atoms with Crippen molar-refractivity contribution in [3.05, 3.63) is 29.3 Å². The molecule has 0 aliphatic heterocycles. The maximum atomic E-state index is 12.7. The largest absolute Gasteiger partial charge is 0.482 e. The standard InChI is InChI=1S/C33H52O5/c1-2-3-9-14-26(34)18-19-28-29-20-24-13-12-17-32(30(24)21-25(29)22-31(28)35)37-23-33(36)38-27-15-10-7-5-4-6-8-11-16-27/h12-13,17,25-29,31,34-35H,2-11,14-16,18-23H2,1H3/t25-,26-,28+,29-,31+/m0/s1. The Morgan fingerprint density at radius 3 is 2.47 bits per heavy atom. The van der Waals surface area contributed by atoms with Crippen molar-refractivity contribution in [2.75, 3.05) is 6.61 Å². The first-order valence-corrected chi connectivity index (χ1v) is 15.8. The van der Waals surface area contributed by atoms with Gasteiger partial charge in [-0.3, -0.25) is 0 Å². The zero-order chi connectivity index (χ0) is 26.7. The third-order valence-electron chi connectivity index (χ3n) is 9.52. The van der Waals surface area contributed by atoms with Gasteiger partial charge < -0.3 is 19.7 Å². The van der Waals surface area contributed by atoms with Gasteiger partial charge in [0.2, 0.25) is 0 Å². The van der Waals surface area contributed by atoms with Crippen LogP contribution in [0.5, 0.6) is 5.75 Å². The lowest BCUT2D eigenvalue weighted by atomic mass is 9.73. The van der Waals surface area contributed by atoms with E-state index in [0.717, 1.165) is 76.4 Å². The van der Waals surface area contributed by atoms with E-state index in [-0.39, 0.29) is 36.8 Å². The normalized spacial score (nSPS) is 27.2. The number of hydrogen-bond donors (Lipinski definition) is 2. The number of aliphatic hydroxyl groups is 2. The second-order valence-electron chi connectivity index (χ2n) is 12.4. The number of esters is 1. The molecule has 0 saturated heterocycles. The van der Waals surface area contributed by atoms with Gasteiger partial charge in [0.05, 0.1) is 12.2 Å². The minimum atomic E-state index is -0.293. The highest BCUT2D eigenvalue weighted by Gasteiger charge is 2.44. The van der Waals surface area contributed by atoms with Crippen LogP contribution in [0.2, 0.25) is 0 Å². The number of fused-ring (bicyclic) bond motifs is 2. The second kappa shape index (κ2) is 15.3. The molecule has 1 aromatic carbocycles. The Kier molecular flexibility index (Phi) is 11.8. The summed E-state index contributed by atoms with van der Waals surface area (Å²) in [6, 6.07) is 6.18. The number of carbonyl (C=O) groups is 1. The average Bonchev–Trinajstić information content (AvgIpc) is 3.22. The fourth-order valence-electron chi connectivity index (χ4n) is 7.35. The molecule has 5 atom stereocenters. The smallest absolute Gasteiger partial charge is 0.344 e. The van der Waals surface area contributed by atoms with Gasteiger partial charge in [-0.05, 0) is 99.2 Å². The van der Waals surface area contributed by atoms with E-state index in [2.05, 4.69) is 13.0 Å². The SMILES string of the molecule is CCCCC[C@H](O)CC[C@@H]1[C@H]2Cc3cccc(OCC(=O)OC4CCCCCCCCC4)c3C[C@H]2C[C@H]1O. The third kappa shape index (κ3) is 8.45. The van der Waals surface area contributed by atoms with E-state index < -0.39 is 0 Å². The lowest BCUT2D eigenvalue weighted by molar-refractivity contribution is -0.152. The van der Waals surface area contributed by atoms with Crippen LogP contribution in [-0.2, 0) is 22.4 Å². The van der Waals surface area contributed by atoms with Crippen molar-refractivity contribution < 1.29 is 24.5 Å². The summed E-state index contributed by atoms with van der Waals surface area (Å²) in [7, 11) is 0. The Hall–Kier alpha value is -1.59. The predicted octanol–water partition coefficient (Wildman–Crippen LogP) is 6.93. The quantitative estimate of drug-likeness (QED) is 0.240. The number of carbonyl (C=O) groups excluding carboxylic acids is 1. The Bertz CT molecular complexity index is 844. The van der Waals surface area contributed by atoms with Crippen LogP contribution in [0.3, 0.4) is 0 Å². The van der Waals surface area contributed by atoms with Crippen LogP contribution >= 0.6 is 0 Å². The van der Waals surface area contributed by atoms with Gasteiger partial charge in [-0.2, -0.15) is 0 Å². The molecule has 0 bridgehead atoms. The summed E-state index contributed by atoms with van der Waals surface area (Å²) in [6.45, 7) is 2.15. The molecule has 5 heteroatoms. The predicted molar refractivity (Wildman–Crippen MR) is 151 cm³/mol. The molecule has 0 aromatic heterocycles. The van der Waals surface area contributed by atoms with Crippen molar-refractivity contribution >= 4 is 5.97 Å². The van der Waals surface area contributed by atoms with Crippen molar-refractivity contribution in [1.29, 1.82) is 0 Å². The van der Waals surface area contributed by atoms with Gasteiger partial charge in [-0.25, -0.2) is 4.79 Å². The first-order chi connectivity index (χ1) is 18.5. The minimum absolute atomic E-state index is 0.0247. The van der Waals surface area contributed by atoms with Crippen LogP contribution < -0.4 is 4.74 Å². The number of ether oxygens (including phenoxy) is 2. The monoisotopic (exact) mass is 528 g/mol. The van der Waals surface area contributed by atoms with Crippen LogP contribution in [0.15, 0.2) is 18.2 Å². The number of unbranched alkanes of at least 4 members (excludes halogenated alkanes) is 2. The molecule has 2 N–H and O–H groups in total. The van der Waals surface area contributed by atoms with E-state index in [1.165, 1.54) is 56.1 Å². The Balaban J connectivity index is 1.29. The maximum absolute atomic E-state index is 12.7. The van der Waals surface area contributed by atoms with Gasteiger partial charge in [0.25, 0.3) is 0 Å². The molecule has 4 rings (SSSR count). The molecule has 0 spiro atoms. The van der Waals surface area contributed by atoms with E-state index in [0.29, 0.717) is 11.8 Å². The molecule has 3 aliphatic rings. The Morgan fingerprint density at radius 1 is 1.00 bits per heavy atom. The van der Waals surface area contributed by atoms with E-state index in [1.54, 1.807) is 0 Å². The molecule has 2 fully saturated rings. The molecule has 38 heavy (non-hydrogen) atoms. The van der Waals surface area contributed by atoms with Crippen molar-refractivity contribution in [1.82, 2.24) is 0 Å². The zero-order valence-electron chi connectivity index (χ0n) is 23.8. The average molecular weight is 529 g/mol. The molecule has 5 nitrogen and oxygen atoms in total. The second-order valence-corrected chi connectivity index (χ2v) is 12.4. The fourth-order valence-corrected chi connectivity index (χ4v) is 7.35. The van der Waals surface area contributed by atoms with Crippen LogP contribution in [0.1, 0.15) is 121 Å². The third-order valence-corrected chi connectivity index (χ3v) is 9.52. The molecular formula is C33H52O5. The minimum Gasteiger partial charge on any atom is -0.482 e. The summed E-state index contributed by atoms with van der Waals surface area (Å²) in [6.07, 6.45) is 18.7. The summed E-state index contributed by atoms with van der Waals surface area (Å²) in [5, 5.41) is 21.4. The van der Waals surface area contributed by atoms with Crippen molar-refractivity contribution in [2.24, 2.45) is 17.8 Å². The Morgan fingerprint density at radius 2 is 1.74 bits per heavy atom. The van der Waals surface area contributed by atoms with Gasteiger partial charge in [0.15, 0.2) is 6.61 Å². The number of benzene rings is 1. The summed E-state index contributed by atoms with van der Waals surface area (Å²) in [5.74, 6) is 1.68. The summed E-state index contributed by atoms with van der Waals surface area (Å²) in [4.78, 5) is 12.7. The van der Waals surface area contributed by atoms with Gasteiger partial charge >= 0.3 is 5.97 Å². The summed E-state index contributed by atoms with van der Waals surface area (Å²) >= 11 is 0. The number of rotatable bonds is 11. The summed E-state index contributed by atoms with van der Waals surface area (Å²) in [5.41, 5.74) is 2.49. The van der Waals surface area contributed by atoms with Crippen LogP contribution in [0.25, 0.3) is 0 Å². The maximum Gasteiger partial charge on any atom is 0.344 e. The van der Waals surface area contributed by atoms with E-state index in [4.69, 9.17) is 9.47 Å². The molecular weight excluding hydrogens is 476 g/mol. The van der Waals surface area contributed by atoms with Crippen LogP contribution in [0, 0.1) is 17.8 Å². The highest BCUT2D eigenvalue weighted by molar-refractivity contribution is 5.71. The molecule has 2 saturated carbocycles. The molecule has 0 unspecified atom stereocenters. The number of aliphatic hydroxyl groups excluding tert-OH is 2. The first-order valence-electron chi connectivity index (χ1n) is 15.8. The number of hydrogen-bond acceptors (Lipinski definition) is 5. The van der Waals surface area contributed by atoms with Crippen molar-refractivity contribution in [3.63, 3.8) is 0 Å². The van der Waals surface area contributed by atoms with E-state index >= 15 is 0 Å². The topological polar surface area (TPSA) is 76.0 Å². The molecule has 1 aromatic rings. The van der Waals surface area contributed by atoms with Crippen LogP contribution in [-0.4, -0.2) is 41.1 Å². The zero-order valence-corrected chi connectivity index (χ0v) is 23.8. The lowest BCUT2D eigenvalue weighted by Gasteiger charge is -2.32. The van der Waals surface area contributed by atoms with Gasteiger partial charge in [-0.1, -0.05) is 70.4 Å². The highest BCUT2D eigenvalue weighted by atomic mass is 16.6. The van der Waals surface area contributed by atoms with Gasteiger partial charge in [0, 0.05) is 0 Å². The molecule has 0 amide bonds. The van der Waals surface area contributed by atoms with Crippen molar-refractivity contribution in [3.8, 4) is 5.75 Å². The van der Waals surface area contributed by atoms with Crippen molar-refractivity contribution in [2.45, 2.75) is 141 Å². The highest BCUT2D eigenvalue weighted by Crippen LogP contribution is 2.48. The fraction of sp³-hybridized carbons (Fsp3) is 0.788. The summed E-state index contributed by atoms with van der Waals surface area (Å²) < 4.78 is 11.9. The van der Waals surface area contributed by atoms with Gasteiger partial charge in [0.1, 0.15) is 11.9 Å². The molecule has 214 valence electrons. The first kappa shape index (κ1) is 29.4. The van der Waals surface area contributed by atoms with Gasteiger partial charge in [-0.15, -0.1) is 0 Å². The molecule has 3 aliphatic carbocycles. The van der Waals surface area contributed by atoms with Crippen LogP contribution in [0.4, 0.5) is 0 Å². The van der Waals surface area contributed by atoms with E-state index in [9.17, 15) is 15.0 Å². The van der Waals surface area contributed by atoms with E-state index in [1.807, 2.05) is 12.1 Å². The lowest BCUT2D eigenvalue weighted by Crippen LogP contribution is -2.28. The molecule has 0 radical (unpaired) electrons. The Labute approximate surface area is 230 Å².